The van der Waals surface area contributed by atoms with Crippen LogP contribution in [0.15, 0.2) is 54.6 Å². The first-order valence-corrected chi connectivity index (χ1v) is 8.30. The second-order valence-electron chi connectivity index (χ2n) is 4.95. The van der Waals surface area contributed by atoms with Crippen LogP contribution >= 0.6 is 11.8 Å². The molecule has 3 nitrogen and oxygen atoms in total. The molecule has 1 amide bonds. The summed E-state index contributed by atoms with van der Waals surface area (Å²) >= 11 is 1.64. The topological polar surface area (TPSA) is 38.3 Å². The first-order valence-electron chi connectivity index (χ1n) is 7.26. The van der Waals surface area contributed by atoms with Gasteiger partial charge in [-0.3, -0.25) is 4.79 Å². The fourth-order valence-corrected chi connectivity index (χ4v) is 2.97. The molecule has 4 heteroatoms. The molecule has 0 aliphatic carbocycles. The van der Waals surface area contributed by atoms with Gasteiger partial charge in [0, 0.05) is 17.4 Å². The van der Waals surface area contributed by atoms with Gasteiger partial charge in [0.25, 0.3) is 0 Å². The Morgan fingerprint density at radius 1 is 1.14 bits per heavy atom. The van der Waals surface area contributed by atoms with Gasteiger partial charge in [-0.05, 0) is 18.6 Å². The van der Waals surface area contributed by atoms with E-state index in [1.807, 2.05) is 42.5 Å². The largest absolute Gasteiger partial charge is 0.496 e. The van der Waals surface area contributed by atoms with Crippen molar-refractivity contribution in [2.75, 3.05) is 12.9 Å². The molecule has 1 N–H and O–H groups in total. The number of carbonyl (C=O) groups excluding carboxylic acids is 1. The highest BCUT2D eigenvalue weighted by molar-refractivity contribution is 8.00. The lowest BCUT2D eigenvalue weighted by molar-refractivity contribution is -0.118. The van der Waals surface area contributed by atoms with Gasteiger partial charge in [0.1, 0.15) is 5.75 Å². The number of carbonyl (C=O) groups is 1. The van der Waals surface area contributed by atoms with Crippen LogP contribution in [-0.4, -0.2) is 18.8 Å². The molecule has 0 fully saturated rings. The van der Waals surface area contributed by atoms with Crippen LogP contribution in [0.3, 0.4) is 0 Å². The van der Waals surface area contributed by atoms with Crippen LogP contribution in [-0.2, 0) is 11.3 Å². The molecule has 0 heterocycles. The van der Waals surface area contributed by atoms with E-state index in [2.05, 4.69) is 24.4 Å². The van der Waals surface area contributed by atoms with Gasteiger partial charge in [0.2, 0.25) is 5.91 Å². The summed E-state index contributed by atoms with van der Waals surface area (Å²) in [7, 11) is 1.64. The Labute approximate surface area is 136 Å². The van der Waals surface area contributed by atoms with Gasteiger partial charge >= 0.3 is 0 Å². The van der Waals surface area contributed by atoms with Crippen molar-refractivity contribution in [1.82, 2.24) is 5.32 Å². The second-order valence-corrected chi connectivity index (χ2v) is 6.28. The Kier molecular flexibility index (Phi) is 6.34. The SMILES string of the molecule is COc1ccccc1CNC(=O)CS[C@H](C)c1ccccc1. The maximum Gasteiger partial charge on any atom is 0.230 e. The van der Waals surface area contributed by atoms with Gasteiger partial charge in [0.05, 0.1) is 12.9 Å². The quantitative estimate of drug-likeness (QED) is 0.844. The van der Waals surface area contributed by atoms with Gasteiger partial charge in [-0.15, -0.1) is 11.8 Å². The van der Waals surface area contributed by atoms with Crippen LogP contribution < -0.4 is 10.1 Å². The highest BCUT2D eigenvalue weighted by atomic mass is 32.2. The summed E-state index contributed by atoms with van der Waals surface area (Å²) in [6, 6.07) is 17.9. The van der Waals surface area contributed by atoms with E-state index in [4.69, 9.17) is 4.74 Å². The number of para-hydroxylation sites is 1. The lowest BCUT2D eigenvalue weighted by atomic mass is 10.2. The molecule has 0 aliphatic rings. The van der Waals surface area contributed by atoms with Crippen molar-refractivity contribution in [3.05, 3.63) is 65.7 Å². The highest BCUT2D eigenvalue weighted by Crippen LogP contribution is 2.27. The number of amides is 1. The van der Waals surface area contributed by atoms with Crippen LogP contribution in [0.4, 0.5) is 0 Å². The standard InChI is InChI=1S/C18H21NO2S/c1-14(15-8-4-3-5-9-15)22-13-18(20)19-12-16-10-6-7-11-17(16)21-2/h3-11,14H,12-13H2,1-2H3,(H,19,20)/t14-/m1/s1. The van der Waals surface area contributed by atoms with Crippen LogP contribution in [0, 0.1) is 0 Å². The van der Waals surface area contributed by atoms with Crippen LogP contribution in [0.2, 0.25) is 0 Å². The fourth-order valence-electron chi connectivity index (χ4n) is 2.11. The third-order valence-electron chi connectivity index (χ3n) is 3.40. The molecule has 2 rings (SSSR count). The normalized spacial score (nSPS) is 11.7. The summed E-state index contributed by atoms with van der Waals surface area (Å²) < 4.78 is 5.28. The van der Waals surface area contributed by atoms with Crippen molar-refractivity contribution in [2.24, 2.45) is 0 Å². The summed E-state index contributed by atoms with van der Waals surface area (Å²) in [6.07, 6.45) is 0. The first kappa shape index (κ1) is 16.4. The zero-order valence-corrected chi connectivity index (χ0v) is 13.7. The lowest BCUT2D eigenvalue weighted by Crippen LogP contribution is -2.25. The third-order valence-corrected chi connectivity index (χ3v) is 4.60. The summed E-state index contributed by atoms with van der Waals surface area (Å²) in [5.41, 5.74) is 2.23. The van der Waals surface area contributed by atoms with Crippen LogP contribution in [0.5, 0.6) is 5.75 Å². The number of benzene rings is 2. The van der Waals surface area contributed by atoms with E-state index in [1.54, 1.807) is 18.9 Å². The Hall–Kier alpha value is -1.94. The van der Waals surface area contributed by atoms with Crippen molar-refractivity contribution >= 4 is 17.7 Å². The number of rotatable bonds is 7. The molecule has 0 spiro atoms. The van der Waals surface area contributed by atoms with Crippen molar-refractivity contribution in [2.45, 2.75) is 18.7 Å². The van der Waals surface area contributed by atoms with Gasteiger partial charge in [-0.2, -0.15) is 0 Å². The predicted molar refractivity (Wildman–Crippen MR) is 92.2 cm³/mol. The molecule has 116 valence electrons. The number of hydrogen-bond acceptors (Lipinski definition) is 3. The molecule has 0 aromatic heterocycles. The van der Waals surface area contributed by atoms with Gasteiger partial charge in [-0.1, -0.05) is 48.5 Å². The average molecular weight is 315 g/mol. The Bertz CT molecular complexity index is 601. The molecule has 0 saturated carbocycles. The summed E-state index contributed by atoms with van der Waals surface area (Å²) in [4.78, 5) is 12.0. The Morgan fingerprint density at radius 3 is 2.55 bits per heavy atom. The molecule has 22 heavy (non-hydrogen) atoms. The molecule has 1 atom stereocenters. The van der Waals surface area contributed by atoms with E-state index >= 15 is 0 Å². The minimum absolute atomic E-state index is 0.0405. The zero-order valence-electron chi connectivity index (χ0n) is 12.9. The number of nitrogens with one attached hydrogen (secondary N) is 1. The zero-order chi connectivity index (χ0) is 15.8. The molecular formula is C18H21NO2S. The maximum atomic E-state index is 12.0. The number of ether oxygens (including phenoxy) is 1. The minimum atomic E-state index is 0.0405. The van der Waals surface area contributed by atoms with Crippen molar-refractivity contribution in [3.8, 4) is 5.75 Å². The van der Waals surface area contributed by atoms with Crippen molar-refractivity contribution in [1.29, 1.82) is 0 Å². The first-order chi connectivity index (χ1) is 10.7. The Balaban J connectivity index is 1.79. The van der Waals surface area contributed by atoms with E-state index in [1.165, 1.54) is 5.56 Å². The van der Waals surface area contributed by atoms with Gasteiger partial charge in [-0.25, -0.2) is 0 Å². The van der Waals surface area contributed by atoms with Gasteiger partial charge in [0.15, 0.2) is 0 Å². The highest BCUT2D eigenvalue weighted by Gasteiger charge is 2.09. The smallest absolute Gasteiger partial charge is 0.230 e. The van der Waals surface area contributed by atoms with Crippen molar-refractivity contribution in [3.63, 3.8) is 0 Å². The number of thioether (sulfide) groups is 1. The van der Waals surface area contributed by atoms with E-state index in [9.17, 15) is 4.79 Å². The number of hydrogen-bond donors (Lipinski definition) is 1. The minimum Gasteiger partial charge on any atom is -0.496 e. The Morgan fingerprint density at radius 2 is 1.82 bits per heavy atom. The average Bonchev–Trinajstić information content (AvgIpc) is 2.58. The summed E-state index contributed by atoms with van der Waals surface area (Å²) in [5.74, 6) is 1.29. The van der Waals surface area contributed by atoms with Crippen molar-refractivity contribution < 1.29 is 9.53 Å². The van der Waals surface area contributed by atoms with E-state index < -0.39 is 0 Å². The molecule has 0 bridgehead atoms. The molecule has 0 saturated heterocycles. The second kappa shape index (κ2) is 8.49. The lowest BCUT2D eigenvalue weighted by Gasteiger charge is -2.12. The predicted octanol–water partition coefficient (Wildman–Crippen LogP) is 3.81. The maximum absolute atomic E-state index is 12.0. The molecule has 2 aromatic carbocycles. The fraction of sp³-hybridized carbons (Fsp3) is 0.278. The van der Waals surface area contributed by atoms with E-state index in [-0.39, 0.29) is 5.91 Å². The van der Waals surface area contributed by atoms with E-state index in [0.717, 1.165) is 11.3 Å². The van der Waals surface area contributed by atoms with Crippen LogP contribution in [0.25, 0.3) is 0 Å². The molecular weight excluding hydrogens is 294 g/mol. The molecule has 0 aliphatic heterocycles. The third kappa shape index (κ3) is 4.81. The number of methoxy groups -OCH3 is 1. The molecule has 0 unspecified atom stereocenters. The van der Waals surface area contributed by atoms with Gasteiger partial charge < -0.3 is 10.1 Å². The monoisotopic (exact) mass is 315 g/mol. The van der Waals surface area contributed by atoms with Crippen LogP contribution in [0.1, 0.15) is 23.3 Å². The summed E-state index contributed by atoms with van der Waals surface area (Å²) in [6.45, 7) is 2.61. The molecule has 2 aromatic rings. The van der Waals surface area contributed by atoms with E-state index in [0.29, 0.717) is 17.5 Å². The molecule has 0 radical (unpaired) electrons. The summed E-state index contributed by atoms with van der Waals surface area (Å²) in [5, 5.41) is 3.24.